The van der Waals surface area contributed by atoms with Gasteiger partial charge in [0.1, 0.15) is 29.8 Å². The molecule has 4 aliphatic heterocycles. The standard InChI is InChI=1S/C59H91NO16/c1-35-19-15-14-16-20-36(2)47(69-11)31-43-24-22-41(7)59(68,76-43)53(64)54(65)60-26-18-17-21-44(60)55(66)74-48(32-45(61)37(3)28-40(6)51(63)52(71-13)50(62)39(5)27-35)38(4)29-42-23-25-46(49(30-42)70-12)75-56(67)58(10)33-72-57(8,9)73-34-58/h14-16,19-20,28,35,38-44,46-49,51-52,63,68H,17-18,21-27,29-34H2,1-13H3/t35-,38-,39-,40?,41-,42+,43+,44+,46-,47+,48+,49-,51-,52+,59-/m1/s1. The summed E-state index contributed by atoms with van der Waals surface area (Å²) < 4.78 is 47.6. The zero-order valence-electron chi connectivity index (χ0n) is 47.7. The molecule has 3 saturated heterocycles. The molecule has 17 heteroatoms. The van der Waals surface area contributed by atoms with E-state index in [4.69, 9.17) is 37.9 Å². The number of allylic oxidation sites excluding steroid dienone is 6. The molecule has 2 bridgehead atoms. The number of hydrogen-bond donors (Lipinski definition) is 2. The summed E-state index contributed by atoms with van der Waals surface area (Å²) in [5.41, 5.74) is 0.163. The summed E-state index contributed by atoms with van der Waals surface area (Å²) in [6, 6.07) is -1.19. The van der Waals surface area contributed by atoms with Crippen molar-refractivity contribution >= 4 is 35.2 Å². The minimum Gasteiger partial charge on any atom is -0.460 e. The minimum absolute atomic E-state index is 0.00318. The number of esters is 2. The van der Waals surface area contributed by atoms with Crippen molar-refractivity contribution in [2.45, 2.75) is 207 Å². The van der Waals surface area contributed by atoms with Gasteiger partial charge in [-0.25, -0.2) is 4.79 Å². The van der Waals surface area contributed by atoms with Crippen LogP contribution in [0.25, 0.3) is 0 Å². The largest absolute Gasteiger partial charge is 0.460 e. The molecule has 2 N–H and O–H groups in total. The van der Waals surface area contributed by atoms with Crippen molar-refractivity contribution in [2.24, 2.45) is 40.9 Å². The third-order valence-electron chi connectivity index (χ3n) is 16.7. The number of nitrogens with zero attached hydrogens (tertiary/aromatic N) is 1. The minimum atomic E-state index is -2.46. The zero-order chi connectivity index (χ0) is 56.3. The number of cyclic esters (lactones) is 1. The third kappa shape index (κ3) is 16.1. The highest BCUT2D eigenvalue weighted by molar-refractivity contribution is 6.39. The number of aliphatic hydroxyl groups is 2. The number of Topliss-reactive ketones (excluding diaryl/α,β-unsaturated/α-hetero) is 3. The number of fused-ring (bicyclic) bond motifs is 3. The number of rotatable bonds is 8. The fourth-order valence-corrected chi connectivity index (χ4v) is 11.4. The summed E-state index contributed by atoms with van der Waals surface area (Å²) in [4.78, 5) is 86.3. The van der Waals surface area contributed by atoms with Crippen LogP contribution < -0.4 is 0 Å². The van der Waals surface area contributed by atoms with Gasteiger partial charge in [-0.2, -0.15) is 0 Å². The molecule has 4 fully saturated rings. The molecule has 1 aliphatic carbocycles. The number of hydrogen-bond acceptors (Lipinski definition) is 16. The van der Waals surface area contributed by atoms with Gasteiger partial charge in [0.15, 0.2) is 17.4 Å². The van der Waals surface area contributed by atoms with Gasteiger partial charge in [0.05, 0.1) is 37.6 Å². The predicted octanol–water partition coefficient (Wildman–Crippen LogP) is 7.52. The number of amides is 1. The van der Waals surface area contributed by atoms with Gasteiger partial charge in [-0.3, -0.25) is 24.0 Å². The normalized spacial score (nSPS) is 36.6. The number of aliphatic hydroxyl groups excluding tert-OH is 1. The molecule has 76 heavy (non-hydrogen) atoms. The molecule has 1 unspecified atom stereocenters. The lowest BCUT2D eigenvalue weighted by molar-refractivity contribution is -0.283. The van der Waals surface area contributed by atoms with E-state index in [9.17, 15) is 39.0 Å². The summed E-state index contributed by atoms with van der Waals surface area (Å²) in [6.45, 7) is 18.3. The Bertz CT molecular complexity index is 2140. The summed E-state index contributed by atoms with van der Waals surface area (Å²) in [5, 5.41) is 23.6. The Hall–Kier alpha value is -3.94. The predicted molar refractivity (Wildman–Crippen MR) is 283 cm³/mol. The van der Waals surface area contributed by atoms with Gasteiger partial charge in [0, 0.05) is 58.5 Å². The van der Waals surface area contributed by atoms with Crippen LogP contribution in [0.5, 0.6) is 0 Å². The van der Waals surface area contributed by atoms with Crippen molar-refractivity contribution in [1.29, 1.82) is 0 Å². The second kappa shape index (κ2) is 27.8. The van der Waals surface area contributed by atoms with Gasteiger partial charge >= 0.3 is 11.9 Å². The highest BCUT2D eigenvalue weighted by atomic mass is 16.7. The summed E-state index contributed by atoms with van der Waals surface area (Å²) in [7, 11) is 4.53. The van der Waals surface area contributed by atoms with E-state index in [1.807, 2.05) is 58.1 Å². The second-order valence-corrected chi connectivity index (χ2v) is 23.5. The van der Waals surface area contributed by atoms with E-state index in [-0.39, 0.29) is 61.6 Å². The monoisotopic (exact) mass is 1070 g/mol. The molecule has 15 atom stereocenters. The van der Waals surface area contributed by atoms with E-state index in [0.717, 1.165) is 5.57 Å². The lowest BCUT2D eigenvalue weighted by Gasteiger charge is -2.43. The number of methoxy groups -OCH3 is 3. The van der Waals surface area contributed by atoms with E-state index in [2.05, 4.69) is 0 Å². The van der Waals surface area contributed by atoms with Gasteiger partial charge in [-0.15, -0.1) is 0 Å². The molecule has 1 saturated carbocycles. The molecule has 428 valence electrons. The van der Waals surface area contributed by atoms with E-state index in [1.54, 1.807) is 61.8 Å². The van der Waals surface area contributed by atoms with Gasteiger partial charge in [-0.1, -0.05) is 71.1 Å². The van der Waals surface area contributed by atoms with Crippen LogP contribution in [-0.2, 0) is 66.7 Å². The van der Waals surface area contributed by atoms with Crippen molar-refractivity contribution in [2.75, 3.05) is 41.1 Å². The molecule has 0 radical (unpaired) electrons. The maximum atomic E-state index is 14.6. The first-order valence-corrected chi connectivity index (χ1v) is 27.8. The van der Waals surface area contributed by atoms with Crippen LogP contribution in [0, 0.1) is 40.9 Å². The van der Waals surface area contributed by atoms with Crippen molar-refractivity contribution in [3.63, 3.8) is 0 Å². The van der Waals surface area contributed by atoms with Crippen LogP contribution in [0.2, 0.25) is 0 Å². The summed E-state index contributed by atoms with van der Waals surface area (Å²) in [5.74, 6) is -9.59. The van der Waals surface area contributed by atoms with Crippen LogP contribution in [0.3, 0.4) is 0 Å². The lowest BCUT2D eigenvalue weighted by atomic mass is 9.78. The maximum absolute atomic E-state index is 14.6. The van der Waals surface area contributed by atoms with E-state index in [0.29, 0.717) is 64.2 Å². The maximum Gasteiger partial charge on any atom is 0.329 e. The molecule has 5 aliphatic rings. The molecule has 17 nitrogen and oxygen atoms in total. The Kier molecular flexibility index (Phi) is 23.0. The number of carbonyl (C=O) groups is 6. The van der Waals surface area contributed by atoms with Crippen LogP contribution in [-0.4, -0.2) is 152 Å². The zero-order valence-corrected chi connectivity index (χ0v) is 47.7. The Balaban J connectivity index is 1.43. The van der Waals surface area contributed by atoms with Crippen LogP contribution in [0.4, 0.5) is 0 Å². The smallest absolute Gasteiger partial charge is 0.329 e. The molecular weight excluding hydrogens is 979 g/mol. The highest BCUT2D eigenvalue weighted by Gasteiger charge is 2.53. The summed E-state index contributed by atoms with van der Waals surface area (Å²) in [6.07, 6.45) is 10.5. The Morgan fingerprint density at radius 2 is 1.54 bits per heavy atom. The quantitative estimate of drug-likeness (QED) is 0.177. The first-order chi connectivity index (χ1) is 35.8. The third-order valence-corrected chi connectivity index (χ3v) is 16.7. The Morgan fingerprint density at radius 1 is 0.842 bits per heavy atom. The molecule has 5 rings (SSSR count). The fourth-order valence-electron chi connectivity index (χ4n) is 11.4. The molecule has 0 spiro atoms. The van der Waals surface area contributed by atoms with Crippen LogP contribution in [0.1, 0.15) is 146 Å². The first-order valence-electron chi connectivity index (χ1n) is 27.8. The number of ether oxygens (including phenoxy) is 8. The number of piperidine rings is 1. The van der Waals surface area contributed by atoms with Gasteiger partial charge in [0.2, 0.25) is 5.79 Å². The topological polar surface area (TPSA) is 220 Å². The fraction of sp³-hybridized carbons (Fsp3) is 0.763. The molecule has 1 amide bonds. The van der Waals surface area contributed by atoms with E-state index in [1.165, 1.54) is 12.0 Å². The summed E-state index contributed by atoms with van der Waals surface area (Å²) >= 11 is 0. The molecule has 0 aromatic carbocycles. The Morgan fingerprint density at radius 3 is 2.20 bits per heavy atom. The van der Waals surface area contributed by atoms with Crippen LogP contribution in [0.15, 0.2) is 47.6 Å². The van der Waals surface area contributed by atoms with Crippen molar-refractivity contribution in [3.05, 3.63) is 47.6 Å². The number of carbonyl (C=O) groups excluding carboxylic acids is 6. The Labute approximate surface area is 451 Å². The SMILES string of the molecule is CO[C@H]1C[C@@H]2CC[C@@H](C)[C@@](O)(O2)C(=O)C(=O)N2CCCC[C@H]2C(=O)O[C@H]([C@H](C)C[C@@H]2CC[C@@H](OC(=O)C3(C)COC(C)(C)OC3)[C@H](OC)C2)CC(=O)C(C)=CC(C)[C@@H](O)[C@@H](OC)C(=O)[C@H](C)C[C@H](C)C=CC=CC=C1C. The van der Waals surface area contributed by atoms with Crippen molar-refractivity contribution in [3.8, 4) is 0 Å². The second-order valence-electron chi connectivity index (χ2n) is 23.5. The van der Waals surface area contributed by atoms with E-state index < -0.39 is 113 Å². The van der Waals surface area contributed by atoms with Crippen molar-refractivity contribution in [1.82, 2.24) is 4.90 Å². The first kappa shape index (κ1) is 62.9. The van der Waals surface area contributed by atoms with Gasteiger partial charge < -0.3 is 53.0 Å². The molecule has 0 aromatic rings. The molecule has 0 aromatic heterocycles. The number of ketones is 3. The molecule has 4 heterocycles. The average molecular weight is 1070 g/mol. The lowest BCUT2D eigenvalue weighted by Crippen LogP contribution is -2.61. The van der Waals surface area contributed by atoms with Crippen molar-refractivity contribution < 1.29 is 76.9 Å². The van der Waals surface area contributed by atoms with Gasteiger partial charge in [-0.05, 0) is 128 Å². The van der Waals surface area contributed by atoms with E-state index >= 15 is 0 Å². The average Bonchev–Trinajstić information content (AvgIpc) is 3.39. The van der Waals surface area contributed by atoms with Gasteiger partial charge in [0.25, 0.3) is 11.7 Å². The highest BCUT2D eigenvalue weighted by Crippen LogP contribution is 2.39. The molecular formula is C59H91NO16. The van der Waals surface area contributed by atoms with Crippen LogP contribution >= 0.6 is 0 Å².